The molecule has 450 valence electrons. The monoisotopic (exact) mass is 1190 g/mol. The number of ether oxygens (including phenoxy) is 2. The first kappa shape index (κ1) is 66.3. The third kappa shape index (κ3) is 18.7. The highest BCUT2D eigenvalue weighted by Crippen LogP contribution is 2.41. The Kier molecular flexibility index (Phi) is 21.1. The lowest BCUT2D eigenvalue weighted by Crippen LogP contribution is -2.32. The molecule has 5 aromatic carbocycles. The van der Waals surface area contributed by atoms with Gasteiger partial charge in [-0.15, -0.1) is 0 Å². The average molecular weight is 1190 g/mol. The van der Waals surface area contributed by atoms with Crippen molar-refractivity contribution in [1.82, 2.24) is 24.9 Å². The second-order valence-electron chi connectivity index (χ2n) is 23.5. The highest BCUT2D eigenvalue weighted by molar-refractivity contribution is 7.92. The van der Waals surface area contributed by atoms with Gasteiger partial charge in [-0.05, 0) is 113 Å². The fourth-order valence-corrected chi connectivity index (χ4v) is 9.13. The second-order valence-corrected chi connectivity index (χ2v) is 27.0. The molecule has 0 aliphatic heterocycles. The van der Waals surface area contributed by atoms with Crippen LogP contribution in [0.25, 0.3) is 11.4 Å². The minimum absolute atomic E-state index is 0.0221. The standard InChI is InChI=1S/C29H39N5O5S.C24H28N4O6S.C8H11N/c1-18-10-11-19(12-24(18)34-16-20(15-31-34)26(35)30-17-28(2,3)4)27(36)32-22-13-21(29(5,6)7)14-23(25(22)39-8)33-40(9,37)38;1-14-7-8-15(9-20(14)28-13-16(12-25-28)23(30)31)22(29)26-18-10-17(24(2,3)4)11-19(21(18)34-5)27-35(6,32)33;1-7(9)8-5-3-2-4-6-8/h10-16,33H,17H2,1-9H3,(H,30,35)(H,32,36);7-13,27H,1-6H3,(H,26,29)(H,30,31);2-7H,9H2,1H3/t;;7-/m..0/s1. The van der Waals surface area contributed by atoms with Crippen LogP contribution in [0.4, 0.5) is 22.7 Å². The van der Waals surface area contributed by atoms with Crippen LogP contribution in [0.1, 0.15) is 145 Å². The van der Waals surface area contributed by atoms with Crippen LogP contribution < -0.4 is 40.6 Å². The minimum Gasteiger partial charge on any atom is -0.492 e. The lowest BCUT2D eigenvalue weighted by molar-refractivity contribution is 0.0696. The maximum absolute atomic E-state index is 13.4. The molecule has 0 aliphatic rings. The largest absolute Gasteiger partial charge is 0.492 e. The summed E-state index contributed by atoms with van der Waals surface area (Å²) in [6.07, 6.45) is 7.80. The number of anilines is 4. The summed E-state index contributed by atoms with van der Waals surface area (Å²) in [5, 5.41) is 26.2. The zero-order valence-corrected chi connectivity index (χ0v) is 52.1. The predicted octanol–water partition coefficient (Wildman–Crippen LogP) is 10.4. The zero-order chi connectivity index (χ0) is 62.9. The number of carbonyl (C=O) groups is 4. The van der Waals surface area contributed by atoms with Crippen LogP contribution >= 0.6 is 0 Å². The quantitative estimate of drug-likeness (QED) is 0.0474. The fourth-order valence-electron chi connectivity index (χ4n) is 8.03. The van der Waals surface area contributed by atoms with Gasteiger partial charge in [0.05, 0.1) is 84.4 Å². The molecule has 7 rings (SSSR count). The van der Waals surface area contributed by atoms with E-state index in [1.165, 1.54) is 43.1 Å². The molecule has 2 aromatic heterocycles. The normalized spacial score (nSPS) is 12.1. The van der Waals surface area contributed by atoms with Crippen LogP contribution in [0.5, 0.6) is 11.5 Å². The van der Waals surface area contributed by atoms with E-state index in [1.54, 1.807) is 71.5 Å². The van der Waals surface area contributed by atoms with E-state index < -0.39 is 37.8 Å². The van der Waals surface area contributed by atoms with Gasteiger partial charge in [-0.2, -0.15) is 10.2 Å². The van der Waals surface area contributed by atoms with E-state index >= 15 is 0 Å². The Morgan fingerprint density at radius 2 is 0.976 bits per heavy atom. The number of nitrogens with two attached hydrogens (primary N) is 1. The number of methoxy groups -OCH3 is 2. The number of nitrogens with zero attached hydrogens (tertiary/aromatic N) is 4. The number of carboxylic acids is 1. The molecule has 23 heteroatoms. The van der Waals surface area contributed by atoms with Gasteiger partial charge in [0, 0.05) is 36.1 Å². The Bertz CT molecular complexity index is 3760. The van der Waals surface area contributed by atoms with Gasteiger partial charge in [-0.1, -0.05) is 105 Å². The maximum Gasteiger partial charge on any atom is 0.338 e. The molecule has 0 saturated heterocycles. The van der Waals surface area contributed by atoms with Gasteiger partial charge in [0.15, 0.2) is 11.5 Å². The SMILES string of the molecule is COc1c(NC(=O)c2ccc(C)c(-n3cc(C(=O)NCC(C)(C)C)cn3)c2)cc(C(C)(C)C)cc1NS(C)(=O)=O.COc1c(NC(=O)c2ccc(C)c(-n3cc(C(=O)O)cn3)c2)cc(C(C)(C)C)cc1NS(C)(=O)=O.C[C@H](N)c1ccccc1. The minimum atomic E-state index is -3.61. The molecule has 0 unspecified atom stereocenters. The number of carboxylic acid groups (broad SMARTS) is 1. The Labute approximate surface area is 492 Å². The summed E-state index contributed by atoms with van der Waals surface area (Å²) < 4.78 is 66.8. The van der Waals surface area contributed by atoms with Crippen molar-refractivity contribution in [3.05, 3.63) is 166 Å². The van der Waals surface area contributed by atoms with Crippen molar-refractivity contribution in [3.8, 4) is 22.9 Å². The molecule has 0 aliphatic carbocycles. The molecule has 0 bridgehead atoms. The number of aromatic carboxylic acids is 1. The van der Waals surface area contributed by atoms with Crippen LogP contribution in [0.15, 0.2) is 116 Å². The van der Waals surface area contributed by atoms with Crippen molar-refractivity contribution < 1.29 is 50.6 Å². The van der Waals surface area contributed by atoms with E-state index in [4.69, 9.17) is 15.2 Å². The predicted molar refractivity (Wildman–Crippen MR) is 331 cm³/mol. The molecular weight excluding hydrogens is 1110 g/mol. The highest BCUT2D eigenvalue weighted by Gasteiger charge is 2.26. The third-order valence-electron chi connectivity index (χ3n) is 12.6. The number of amides is 3. The first-order chi connectivity index (χ1) is 38.9. The number of benzene rings is 5. The van der Waals surface area contributed by atoms with E-state index in [0.717, 1.165) is 34.8 Å². The molecule has 0 radical (unpaired) electrons. The Morgan fingerprint density at radius 1 is 0.583 bits per heavy atom. The summed E-state index contributed by atoms with van der Waals surface area (Å²) in [5.41, 5.74) is 12.6. The smallest absolute Gasteiger partial charge is 0.338 e. The van der Waals surface area contributed by atoms with Crippen molar-refractivity contribution >= 4 is 66.5 Å². The molecular formula is C61H78N10O11S2. The second kappa shape index (κ2) is 26.8. The lowest BCUT2D eigenvalue weighted by Gasteiger charge is -2.24. The molecule has 21 nitrogen and oxygen atoms in total. The van der Waals surface area contributed by atoms with Crippen molar-refractivity contribution in [1.29, 1.82) is 0 Å². The van der Waals surface area contributed by atoms with E-state index in [2.05, 4.69) is 35.6 Å². The van der Waals surface area contributed by atoms with Gasteiger partial charge >= 0.3 is 5.97 Å². The molecule has 3 amide bonds. The highest BCUT2D eigenvalue weighted by atomic mass is 32.2. The van der Waals surface area contributed by atoms with Gasteiger partial charge in [-0.25, -0.2) is 31.0 Å². The molecule has 1 atom stereocenters. The van der Waals surface area contributed by atoms with Crippen LogP contribution in [0, 0.1) is 19.3 Å². The Morgan fingerprint density at radius 3 is 1.31 bits per heavy atom. The molecule has 0 saturated carbocycles. The van der Waals surface area contributed by atoms with E-state index in [0.29, 0.717) is 46.0 Å². The number of hydrogen-bond acceptors (Lipinski definition) is 13. The molecule has 2 heterocycles. The van der Waals surface area contributed by atoms with Crippen LogP contribution in [0.2, 0.25) is 0 Å². The first-order valence-electron chi connectivity index (χ1n) is 26.5. The van der Waals surface area contributed by atoms with E-state index in [-0.39, 0.29) is 56.6 Å². The van der Waals surface area contributed by atoms with E-state index in [9.17, 15) is 41.1 Å². The maximum atomic E-state index is 13.4. The average Bonchev–Trinajstić information content (AvgIpc) is 3.60. The van der Waals surface area contributed by atoms with Crippen molar-refractivity contribution in [2.45, 2.75) is 100.0 Å². The topological polar surface area (TPSA) is 297 Å². The summed E-state index contributed by atoms with van der Waals surface area (Å²) in [6, 6.07) is 27.2. The zero-order valence-electron chi connectivity index (χ0n) is 50.5. The molecule has 7 aromatic rings. The summed E-state index contributed by atoms with van der Waals surface area (Å²) in [7, 11) is -4.42. The molecule has 84 heavy (non-hydrogen) atoms. The third-order valence-corrected chi connectivity index (χ3v) is 13.8. The van der Waals surface area contributed by atoms with Crippen molar-refractivity contribution in [2.75, 3.05) is 53.4 Å². The van der Waals surface area contributed by atoms with Crippen molar-refractivity contribution in [3.63, 3.8) is 0 Å². The first-order valence-corrected chi connectivity index (χ1v) is 30.3. The number of aromatic nitrogens is 4. The summed E-state index contributed by atoms with van der Waals surface area (Å²) in [5.74, 6) is -1.86. The van der Waals surface area contributed by atoms with Gasteiger partial charge in [0.2, 0.25) is 20.0 Å². The van der Waals surface area contributed by atoms with Crippen LogP contribution in [-0.4, -0.2) is 98.5 Å². The van der Waals surface area contributed by atoms with Crippen LogP contribution in [-0.2, 0) is 30.9 Å². The number of sulfonamides is 2. The number of carbonyl (C=O) groups excluding carboxylic acids is 3. The van der Waals surface area contributed by atoms with Gasteiger partial charge in [0.1, 0.15) is 0 Å². The summed E-state index contributed by atoms with van der Waals surface area (Å²) in [4.78, 5) is 50.4. The number of nitrogens with one attached hydrogen (secondary N) is 5. The van der Waals surface area contributed by atoms with Crippen molar-refractivity contribution in [2.24, 2.45) is 11.1 Å². The Balaban J connectivity index is 0.000000268. The lowest BCUT2D eigenvalue weighted by atomic mass is 9.86. The molecule has 8 N–H and O–H groups in total. The number of aryl methyl sites for hydroxylation is 2. The van der Waals surface area contributed by atoms with Gasteiger partial charge < -0.3 is 36.3 Å². The number of rotatable bonds is 16. The van der Waals surface area contributed by atoms with Gasteiger partial charge in [0.25, 0.3) is 17.7 Å². The molecule has 0 fully saturated rings. The van der Waals surface area contributed by atoms with E-state index in [1.807, 2.05) is 113 Å². The summed E-state index contributed by atoms with van der Waals surface area (Å²) >= 11 is 0. The molecule has 0 spiro atoms. The fraction of sp³-hybridized carbons (Fsp3) is 0.344. The number of hydrogen-bond donors (Lipinski definition) is 7. The van der Waals surface area contributed by atoms with Crippen LogP contribution in [0.3, 0.4) is 0 Å². The summed E-state index contributed by atoms with van der Waals surface area (Å²) in [6.45, 7) is 24.2. The Hall–Kier alpha value is -8.54. The van der Waals surface area contributed by atoms with Gasteiger partial charge in [-0.3, -0.25) is 23.8 Å².